The minimum atomic E-state index is -0.512. The molecule has 1 fully saturated rings. The molecule has 2 aromatic rings. The number of aldehydes is 1. The first-order chi connectivity index (χ1) is 13.0. The zero-order valence-corrected chi connectivity index (χ0v) is 14.8. The van der Waals surface area contributed by atoms with Gasteiger partial charge in [-0.2, -0.15) is 0 Å². The summed E-state index contributed by atoms with van der Waals surface area (Å²) in [5, 5.41) is 7.28. The summed E-state index contributed by atoms with van der Waals surface area (Å²) in [5.41, 5.74) is 2.16. The zero-order valence-electron chi connectivity index (χ0n) is 14.8. The quantitative estimate of drug-likeness (QED) is 0.459. The third-order valence-corrected chi connectivity index (χ3v) is 4.32. The summed E-state index contributed by atoms with van der Waals surface area (Å²) < 4.78 is 0. The Morgan fingerprint density at radius 3 is 2.63 bits per heavy atom. The number of allylic oxidation sites excluding steroid dienone is 1. The van der Waals surface area contributed by atoms with Crippen molar-refractivity contribution in [2.24, 2.45) is 0 Å². The maximum Gasteiger partial charge on any atom is 0.316 e. The van der Waals surface area contributed by atoms with Crippen molar-refractivity contribution in [1.29, 1.82) is 5.41 Å². The van der Waals surface area contributed by atoms with Crippen LogP contribution in [-0.2, 0) is 14.4 Å². The lowest BCUT2D eigenvalue weighted by Crippen LogP contribution is -2.54. The average molecular weight is 365 g/mol. The Morgan fingerprint density at radius 1 is 1.22 bits per heavy atom. The van der Waals surface area contributed by atoms with Crippen LogP contribution in [0.5, 0.6) is 0 Å². The number of amides is 2. The number of nitrogens with one attached hydrogen (secondary N) is 2. The Labute approximate surface area is 156 Å². The van der Waals surface area contributed by atoms with Gasteiger partial charge in [0.15, 0.2) is 6.29 Å². The van der Waals surface area contributed by atoms with Crippen LogP contribution in [0.3, 0.4) is 0 Å². The van der Waals surface area contributed by atoms with Crippen LogP contribution in [-0.4, -0.2) is 58.3 Å². The van der Waals surface area contributed by atoms with Crippen molar-refractivity contribution in [1.82, 2.24) is 14.9 Å². The number of likely N-dealkylation sites (N-methyl/N-ethyl adjacent to an activating group) is 1. The predicted molar refractivity (Wildman–Crippen MR) is 101 cm³/mol. The Bertz CT molecular complexity index is 914. The molecule has 1 aliphatic heterocycles. The standard InChI is InChI=1S/C19H19N5O3/c1-2-23-9-10-24(19(27)18(23)26)15-6-3-13(4-7-15)16-11-21-17(22-16)8-5-14(20)12-25/h3-8,11-12,20H,2,9-10H2,1H3,(H,21,22)/b8-5-,20-14?. The van der Waals surface area contributed by atoms with Crippen LogP contribution in [0.1, 0.15) is 12.7 Å². The summed E-state index contributed by atoms with van der Waals surface area (Å²) in [6.45, 7) is 3.37. The van der Waals surface area contributed by atoms with Crippen molar-refractivity contribution in [3.63, 3.8) is 0 Å². The van der Waals surface area contributed by atoms with E-state index in [1.807, 2.05) is 19.1 Å². The van der Waals surface area contributed by atoms with E-state index in [2.05, 4.69) is 9.97 Å². The van der Waals surface area contributed by atoms with Gasteiger partial charge in [0.2, 0.25) is 0 Å². The highest BCUT2D eigenvalue weighted by molar-refractivity contribution is 6.41. The van der Waals surface area contributed by atoms with Gasteiger partial charge in [0.1, 0.15) is 5.82 Å². The van der Waals surface area contributed by atoms with Crippen LogP contribution >= 0.6 is 0 Å². The molecule has 0 radical (unpaired) electrons. The molecule has 8 nitrogen and oxygen atoms in total. The first kappa shape index (κ1) is 18.2. The highest BCUT2D eigenvalue weighted by Gasteiger charge is 2.32. The lowest BCUT2D eigenvalue weighted by atomic mass is 10.1. The van der Waals surface area contributed by atoms with E-state index in [0.29, 0.717) is 37.4 Å². The van der Waals surface area contributed by atoms with Crippen molar-refractivity contribution in [3.8, 4) is 11.3 Å². The molecule has 0 aliphatic carbocycles. The highest BCUT2D eigenvalue weighted by atomic mass is 16.2. The maximum absolute atomic E-state index is 12.3. The summed E-state index contributed by atoms with van der Waals surface area (Å²) in [7, 11) is 0. The fourth-order valence-corrected chi connectivity index (χ4v) is 2.82. The number of anilines is 1. The van der Waals surface area contributed by atoms with Crippen LogP contribution < -0.4 is 4.90 Å². The van der Waals surface area contributed by atoms with Gasteiger partial charge in [0.05, 0.1) is 17.6 Å². The van der Waals surface area contributed by atoms with Gasteiger partial charge < -0.3 is 14.8 Å². The number of benzene rings is 1. The molecule has 0 bridgehead atoms. The summed E-state index contributed by atoms with van der Waals surface area (Å²) in [6.07, 6.45) is 5.00. The van der Waals surface area contributed by atoms with E-state index < -0.39 is 11.8 Å². The Kier molecular flexibility index (Phi) is 5.25. The summed E-state index contributed by atoms with van der Waals surface area (Å²) in [5.74, 6) is -0.460. The number of aromatic nitrogens is 2. The number of carbonyl (C=O) groups excluding carboxylic acids is 3. The molecule has 0 spiro atoms. The largest absolute Gasteiger partial charge is 0.338 e. The number of rotatable bonds is 6. The minimum Gasteiger partial charge on any atom is -0.338 e. The monoisotopic (exact) mass is 365 g/mol. The number of H-pyrrole nitrogens is 1. The molecule has 1 saturated heterocycles. The molecule has 1 aromatic carbocycles. The van der Waals surface area contributed by atoms with E-state index in [1.165, 1.54) is 15.9 Å². The van der Waals surface area contributed by atoms with E-state index in [4.69, 9.17) is 5.41 Å². The molecule has 1 aromatic heterocycles. The normalized spacial score (nSPS) is 14.9. The highest BCUT2D eigenvalue weighted by Crippen LogP contribution is 2.23. The summed E-state index contributed by atoms with van der Waals surface area (Å²) in [6, 6.07) is 7.27. The fourth-order valence-electron chi connectivity index (χ4n) is 2.82. The van der Waals surface area contributed by atoms with Gasteiger partial charge in [-0.3, -0.25) is 19.8 Å². The van der Waals surface area contributed by atoms with Gasteiger partial charge in [-0.25, -0.2) is 4.98 Å². The van der Waals surface area contributed by atoms with Gasteiger partial charge in [-0.1, -0.05) is 12.1 Å². The van der Waals surface area contributed by atoms with Crippen LogP contribution in [0.15, 0.2) is 36.5 Å². The molecule has 2 N–H and O–H groups in total. The SMILES string of the molecule is CCN1CCN(c2ccc(-c3cnc(/C=C\C(=N)C=O)[nH]3)cc2)C(=O)C1=O. The van der Waals surface area contributed by atoms with Crippen molar-refractivity contribution in [2.45, 2.75) is 6.92 Å². The molecule has 2 amide bonds. The van der Waals surface area contributed by atoms with Crippen LogP contribution in [0.25, 0.3) is 17.3 Å². The first-order valence-corrected chi connectivity index (χ1v) is 8.51. The number of hydrogen-bond acceptors (Lipinski definition) is 5. The molecule has 138 valence electrons. The van der Waals surface area contributed by atoms with E-state index in [9.17, 15) is 14.4 Å². The van der Waals surface area contributed by atoms with Crippen LogP contribution in [0.2, 0.25) is 0 Å². The van der Waals surface area contributed by atoms with Gasteiger partial charge >= 0.3 is 11.8 Å². The molecule has 8 heteroatoms. The molecular formula is C19H19N5O3. The van der Waals surface area contributed by atoms with Gasteiger partial charge in [-0.05, 0) is 36.8 Å². The molecule has 2 heterocycles. The van der Waals surface area contributed by atoms with Crippen molar-refractivity contribution in [3.05, 3.63) is 42.4 Å². The van der Waals surface area contributed by atoms with Crippen molar-refractivity contribution >= 4 is 35.6 Å². The second kappa shape index (κ2) is 7.77. The van der Waals surface area contributed by atoms with Crippen molar-refractivity contribution < 1.29 is 14.4 Å². The molecule has 1 aliphatic rings. The van der Waals surface area contributed by atoms with E-state index in [1.54, 1.807) is 24.4 Å². The lowest BCUT2D eigenvalue weighted by molar-refractivity contribution is -0.146. The van der Waals surface area contributed by atoms with Gasteiger partial charge in [-0.15, -0.1) is 0 Å². The third kappa shape index (κ3) is 3.84. The summed E-state index contributed by atoms with van der Waals surface area (Å²) >= 11 is 0. The number of carbonyl (C=O) groups is 3. The topological polar surface area (TPSA) is 110 Å². The van der Waals surface area contributed by atoms with E-state index in [-0.39, 0.29) is 5.71 Å². The number of piperazine rings is 1. The number of imidazole rings is 1. The lowest BCUT2D eigenvalue weighted by Gasteiger charge is -2.33. The van der Waals surface area contributed by atoms with Gasteiger partial charge in [0, 0.05) is 25.3 Å². The maximum atomic E-state index is 12.3. The number of aromatic amines is 1. The Balaban J connectivity index is 1.74. The number of hydrogen-bond donors (Lipinski definition) is 2. The van der Waals surface area contributed by atoms with Crippen LogP contribution in [0.4, 0.5) is 5.69 Å². The second-order valence-electron chi connectivity index (χ2n) is 5.98. The predicted octanol–water partition coefficient (Wildman–Crippen LogP) is 1.50. The van der Waals surface area contributed by atoms with Gasteiger partial charge in [0.25, 0.3) is 0 Å². The van der Waals surface area contributed by atoms with Crippen LogP contribution in [0, 0.1) is 5.41 Å². The summed E-state index contributed by atoms with van der Waals surface area (Å²) in [4.78, 5) is 45.0. The third-order valence-electron chi connectivity index (χ3n) is 4.32. The molecule has 0 atom stereocenters. The Morgan fingerprint density at radius 2 is 1.96 bits per heavy atom. The second-order valence-corrected chi connectivity index (χ2v) is 5.98. The molecule has 0 unspecified atom stereocenters. The minimum absolute atomic E-state index is 0.139. The molecule has 0 saturated carbocycles. The van der Waals surface area contributed by atoms with E-state index >= 15 is 0 Å². The van der Waals surface area contributed by atoms with Crippen molar-refractivity contribution in [2.75, 3.05) is 24.5 Å². The Hall–Kier alpha value is -3.55. The fraction of sp³-hybridized carbons (Fsp3) is 0.211. The van der Waals surface area contributed by atoms with E-state index in [0.717, 1.165) is 11.3 Å². The number of nitrogens with zero attached hydrogens (tertiary/aromatic N) is 3. The zero-order chi connectivity index (χ0) is 19.4. The smallest absolute Gasteiger partial charge is 0.316 e. The average Bonchev–Trinajstić information content (AvgIpc) is 3.17. The first-order valence-electron chi connectivity index (χ1n) is 8.51. The molecule has 3 rings (SSSR count). The molecular weight excluding hydrogens is 346 g/mol. The molecule has 27 heavy (non-hydrogen) atoms.